The molecule has 7 heteroatoms. The van der Waals surface area contributed by atoms with Crippen molar-refractivity contribution in [3.05, 3.63) is 75.7 Å². The summed E-state index contributed by atoms with van der Waals surface area (Å²) in [7, 11) is 0. The summed E-state index contributed by atoms with van der Waals surface area (Å²) in [6.07, 6.45) is 2.64. The highest BCUT2D eigenvalue weighted by atomic mass is 16.6. The van der Waals surface area contributed by atoms with Crippen molar-refractivity contribution in [1.29, 1.82) is 0 Å². The van der Waals surface area contributed by atoms with E-state index in [4.69, 9.17) is 0 Å². The lowest BCUT2D eigenvalue weighted by Crippen LogP contribution is -2.23. The lowest BCUT2D eigenvalue weighted by atomic mass is 10.1. The molecule has 0 aliphatic carbocycles. The van der Waals surface area contributed by atoms with Crippen LogP contribution in [0.1, 0.15) is 23.4 Å². The van der Waals surface area contributed by atoms with Gasteiger partial charge in [-0.15, -0.1) is 0 Å². The Kier molecular flexibility index (Phi) is 4.74. The molecule has 0 aliphatic heterocycles. The molecule has 0 atom stereocenters. The molecule has 0 spiro atoms. The molecule has 0 aliphatic rings. The summed E-state index contributed by atoms with van der Waals surface area (Å²) in [5, 5.41) is 13.6. The monoisotopic (exact) mass is 338 g/mol. The first-order valence-corrected chi connectivity index (χ1v) is 7.96. The van der Waals surface area contributed by atoms with Crippen LogP contribution < -0.4 is 5.32 Å². The molecule has 1 amide bonds. The summed E-state index contributed by atoms with van der Waals surface area (Å²) in [5.74, 6) is -0.111. The highest BCUT2D eigenvalue weighted by Crippen LogP contribution is 2.14. The number of nitrogens with one attached hydrogen (secondary N) is 1. The first kappa shape index (κ1) is 16.6. The first-order valence-electron chi connectivity index (χ1n) is 7.96. The van der Waals surface area contributed by atoms with Crippen LogP contribution in [0.4, 0.5) is 5.69 Å². The van der Waals surface area contributed by atoms with E-state index >= 15 is 0 Å². The number of aromatic nitrogens is 2. The molecule has 7 nitrogen and oxygen atoms in total. The smallest absolute Gasteiger partial charge is 0.269 e. The van der Waals surface area contributed by atoms with Gasteiger partial charge in [-0.1, -0.05) is 18.2 Å². The standard InChI is InChI=1S/C18H18N4O3/c1-13-4-2-7-17-20-15(12-21(13)17)11-19-18(23)9-8-14-5-3-6-16(10-14)22(24)25/h2-7,10,12H,8-9,11H2,1H3,(H,19,23). The average molecular weight is 338 g/mol. The summed E-state index contributed by atoms with van der Waals surface area (Å²) >= 11 is 0. The predicted molar refractivity (Wildman–Crippen MR) is 93.2 cm³/mol. The van der Waals surface area contributed by atoms with E-state index < -0.39 is 4.92 Å². The van der Waals surface area contributed by atoms with Crippen molar-refractivity contribution in [2.45, 2.75) is 26.3 Å². The highest BCUT2D eigenvalue weighted by molar-refractivity contribution is 5.76. The van der Waals surface area contributed by atoms with Gasteiger partial charge < -0.3 is 9.72 Å². The molecule has 0 fully saturated rings. The number of benzene rings is 1. The third-order valence-electron chi connectivity index (χ3n) is 3.97. The second-order valence-corrected chi connectivity index (χ2v) is 5.83. The maximum absolute atomic E-state index is 12.0. The van der Waals surface area contributed by atoms with Gasteiger partial charge >= 0.3 is 0 Å². The second kappa shape index (κ2) is 7.12. The molecule has 0 saturated carbocycles. The lowest BCUT2D eigenvalue weighted by molar-refractivity contribution is -0.384. The molecule has 0 radical (unpaired) electrons. The van der Waals surface area contributed by atoms with Crippen LogP contribution in [0.5, 0.6) is 0 Å². The van der Waals surface area contributed by atoms with Crippen molar-refractivity contribution in [1.82, 2.24) is 14.7 Å². The summed E-state index contributed by atoms with van der Waals surface area (Å²) in [6, 6.07) is 12.2. The van der Waals surface area contributed by atoms with Gasteiger partial charge in [0.05, 0.1) is 17.2 Å². The van der Waals surface area contributed by atoms with E-state index in [1.165, 1.54) is 12.1 Å². The minimum Gasteiger partial charge on any atom is -0.350 e. The van der Waals surface area contributed by atoms with Crippen molar-refractivity contribution in [3.8, 4) is 0 Å². The lowest BCUT2D eigenvalue weighted by Gasteiger charge is -2.03. The number of non-ortho nitro benzene ring substituents is 1. The van der Waals surface area contributed by atoms with Crippen LogP contribution in [-0.2, 0) is 17.8 Å². The number of amides is 1. The number of nitro benzene ring substituents is 1. The van der Waals surface area contributed by atoms with Crippen molar-refractivity contribution in [2.24, 2.45) is 0 Å². The number of pyridine rings is 1. The zero-order valence-electron chi connectivity index (χ0n) is 13.8. The van der Waals surface area contributed by atoms with Gasteiger partial charge in [0.1, 0.15) is 5.65 Å². The number of fused-ring (bicyclic) bond motifs is 1. The fourth-order valence-electron chi connectivity index (χ4n) is 2.64. The van der Waals surface area contributed by atoms with Crippen molar-refractivity contribution in [2.75, 3.05) is 0 Å². The fourth-order valence-corrected chi connectivity index (χ4v) is 2.64. The van der Waals surface area contributed by atoms with Crippen LogP contribution in [0.2, 0.25) is 0 Å². The van der Waals surface area contributed by atoms with E-state index in [1.807, 2.05) is 35.7 Å². The number of nitrogens with zero attached hydrogens (tertiary/aromatic N) is 3. The number of carbonyl (C=O) groups is 1. The van der Waals surface area contributed by atoms with E-state index in [-0.39, 0.29) is 18.0 Å². The van der Waals surface area contributed by atoms with Crippen LogP contribution in [-0.4, -0.2) is 20.2 Å². The average Bonchev–Trinajstić information content (AvgIpc) is 3.03. The molecular weight excluding hydrogens is 320 g/mol. The van der Waals surface area contributed by atoms with Gasteiger partial charge in [0.25, 0.3) is 5.69 Å². The van der Waals surface area contributed by atoms with E-state index in [0.29, 0.717) is 13.0 Å². The Labute approximate surface area is 144 Å². The van der Waals surface area contributed by atoms with Crippen LogP contribution in [0.15, 0.2) is 48.7 Å². The molecule has 2 heterocycles. The van der Waals surface area contributed by atoms with E-state index in [9.17, 15) is 14.9 Å². The fraction of sp³-hybridized carbons (Fsp3) is 0.222. The summed E-state index contributed by atoms with van der Waals surface area (Å²) in [6.45, 7) is 2.35. The molecule has 0 unspecified atom stereocenters. The van der Waals surface area contributed by atoms with Gasteiger partial charge in [0.2, 0.25) is 5.91 Å². The molecule has 1 N–H and O–H groups in total. The molecule has 1 aromatic carbocycles. The molecule has 25 heavy (non-hydrogen) atoms. The number of aryl methyl sites for hydroxylation is 2. The Balaban J connectivity index is 1.55. The summed E-state index contributed by atoms with van der Waals surface area (Å²) in [5.41, 5.74) is 3.53. The number of rotatable bonds is 6. The van der Waals surface area contributed by atoms with Crippen molar-refractivity contribution in [3.63, 3.8) is 0 Å². The SMILES string of the molecule is Cc1cccc2nc(CNC(=O)CCc3cccc([N+](=O)[O-])c3)cn12. The zero-order valence-corrected chi connectivity index (χ0v) is 13.8. The first-order chi connectivity index (χ1) is 12.0. The van der Waals surface area contributed by atoms with Gasteiger partial charge in [-0.2, -0.15) is 0 Å². The number of imidazole rings is 1. The van der Waals surface area contributed by atoms with Gasteiger partial charge in [0, 0.05) is 30.4 Å². The van der Waals surface area contributed by atoms with E-state index in [2.05, 4.69) is 10.3 Å². The van der Waals surface area contributed by atoms with Gasteiger partial charge in [-0.05, 0) is 31.0 Å². The number of hydrogen-bond acceptors (Lipinski definition) is 4. The molecule has 0 saturated heterocycles. The normalized spacial score (nSPS) is 10.8. The highest BCUT2D eigenvalue weighted by Gasteiger charge is 2.09. The number of carbonyl (C=O) groups excluding carboxylic acids is 1. The van der Waals surface area contributed by atoms with E-state index in [1.54, 1.807) is 12.1 Å². The van der Waals surface area contributed by atoms with Crippen LogP contribution >= 0.6 is 0 Å². The Morgan fingerprint density at radius 1 is 1.28 bits per heavy atom. The van der Waals surface area contributed by atoms with Crippen LogP contribution in [0.25, 0.3) is 5.65 Å². The molecule has 0 bridgehead atoms. The number of hydrogen-bond donors (Lipinski definition) is 1. The molecular formula is C18H18N4O3. The maximum atomic E-state index is 12.0. The van der Waals surface area contributed by atoms with Crippen LogP contribution in [0.3, 0.4) is 0 Å². The van der Waals surface area contributed by atoms with Gasteiger partial charge in [0.15, 0.2) is 0 Å². The predicted octanol–water partition coefficient (Wildman–Crippen LogP) is 2.80. The topological polar surface area (TPSA) is 89.5 Å². The third-order valence-corrected chi connectivity index (χ3v) is 3.97. The number of nitro groups is 1. The third kappa shape index (κ3) is 4.00. The van der Waals surface area contributed by atoms with Crippen LogP contribution in [0, 0.1) is 17.0 Å². The largest absolute Gasteiger partial charge is 0.350 e. The molecule has 3 rings (SSSR count). The van der Waals surface area contributed by atoms with Crippen molar-refractivity contribution < 1.29 is 9.72 Å². The quantitative estimate of drug-likeness (QED) is 0.553. The van der Waals surface area contributed by atoms with Gasteiger partial charge in [-0.25, -0.2) is 4.98 Å². The van der Waals surface area contributed by atoms with Gasteiger partial charge in [-0.3, -0.25) is 14.9 Å². The zero-order chi connectivity index (χ0) is 17.8. The van der Waals surface area contributed by atoms with E-state index in [0.717, 1.165) is 22.6 Å². The Morgan fingerprint density at radius 3 is 2.84 bits per heavy atom. The Morgan fingerprint density at radius 2 is 2.08 bits per heavy atom. The minimum atomic E-state index is -0.436. The Bertz CT molecular complexity index is 933. The maximum Gasteiger partial charge on any atom is 0.269 e. The molecule has 3 aromatic rings. The summed E-state index contributed by atoms with van der Waals surface area (Å²) < 4.78 is 1.98. The molecule has 128 valence electrons. The Hall–Kier alpha value is -3.22. The second-order valence-electron chi connectivity index (χ2n) is 5.83. The minimum absolute atomic E-state index is 0.0398. The van der Waals surface area contributed by atoms with Crippen molar-refractivity contribution >= 4 is 17.2 Å². The molecule has 2 aromatic heterocycles. The summed E-state index contributed by atoms with van der Waals surface area (Å²) in [4.78, 5) is 26.8.